The number of amides is 2. The molecule has 0 bridgehead atoms. The highest BCUT2D eigenvalue weighted by atomic mass is 16.6. The van der Waals surface area contributed by atoms with Crippen molar-refractivity contribution in [3.05, 3.63) is 34.9 Å². The van der Waals surface area contributed by atoms with E-state index in [2.05, 4.69) is 5.16 Å². The van der Waals surface area contributed by atoms with Crippen molar-refractivity contribution in [3.8, 4) is 0 Å². The van der Waals surface area contributed by atoms with E-state index >= 15 is 0 Å². The lowest BCUT2D eigenvalue weighted by Crippen LogP contribution is -2.48. The van der Waals surface area contributed by atoms with Crippen LogP contribution in [0.3, 0.4) is 0 Å². The topological polar surface area (TPSA) is 108 Å². The minimum absolute atomic E-state index is 0.0500. The number of amidine groups is 1. The Bertz CT molecular complexity index is 753. The number of rotatable bonds is 4. The molecule has 0 heterocycles. The molecule has 0 aliphatic heterocycles. The first-order valence-electron chi connectivity index (χ1n) is 8.83. The molecule has 0 spiro atoms. The predicted molar refractivity (Wildman–Crippen MR) is 102 cm³/mol. The molecule has 148 valence electrons. The van der Waals surface area contributed by atoms with Crippen molar-refractivity contribution in [3.63, 3.8) is 0 Å². The molecule has 1 aliphatic rings. The molecule has 0 radical (unpaired) electrons. The van der Waals surface area contributed by atoms with Crippen LogP contribution in [0.1, 0.15) is 49.9 Å². The second-order valence-corrected chi connectivity index (χ2v) is 7.80. The SMILES string of the molecule is CN(C)C(=O)COC(=O)N([C@H]1CCc2c(C(N)=NO)cccc21)C(C)(C)C. The third-order valence-electron chi connectivity index (χ3n) is 4.67. The normalized spacial score (nSPS) is 16.6. The molecular weight excluding hydrogens is 348 g/mol. The monoisotopic (exact) mass is 376 g/mol. The van der Waals surface area contributed by atoms with Crippen LogP contribution in [0.5, 0.6) is 0 Å². The van der Waals surface area contributed by atoms with Crippen molar-refractivity contribution in [2.24, 2.45) is 10.9 Å². The van der Waals surface area contributed by atoms with E-state index in [4.69, 9.17) is 15.7 Å². The van der Waals surface area contributed by atoms with Gasteiger partial charge < -0.3 is 20.6 Å². The Morgan fingerprint density at radius 1 is 1.33 bits per heavy atom. The average molecular weight is 376 g/mol. The molecule has 3 N–H and O–H groups in total. The van der Waals surface area contributed by atoms with Crippen LogP contribution >= 0.6 is 0 Å². The van der Waals surface area contributed by atoms with Crippen LogP contribution in [-0.4, -0.2) is 59.1 Å². The van der Waals surface area contributed by atoms with Crippen LogP contribution < -0.4 is 5.73 Å². The summed E-state index contributed by atoms with van der Waals surface area (Å²) < 4.78 is 5.29. The summed E-state index contributed by atoms with van der Waals surface area (Å²) in [6.45, 7) is 5.47. The first kappa shape index (κ1) is 20.5. The summed E-state index contributed by atoms with van der Waals surface area (Å²) in [6.07, 6.45) is 0.854. The van der Waals surface area contributed by atoms with Gasteiger partial charge in [-0.15, -0.1) is 0 Å². The summed E-state index contributed by atoms with van der Waals surface area (Å²) in [6, 6.07) is 5.35. The van der Waals surface area contributed by atoms with Gasteiger partial charge in [0.15, 0.2) is 12.4 Å². The van der Waals surface area contributed by atoms with Gasteiger partial charge in [0.2, 0.25) is 0 Å². The second-order valence-electron chi connectivity index (χ2n) is 7.80. The summed E-state index contributed by atoms with van der Waals surface area (Å²) in [7, 11) is 3.22. The number of benzene rings is 1. The highest BCUT2D eigenvalue weighted by Crippen LogP contribution is 2.40. The van der Waals surface area contributed by atoms with E-state index in [9.17, 15) is 9.59 Å². The Hall–Kier alpha value is -2.77. The van der Waals surface area contributed by atoms with Gasteiger partial charge >= 0.3 is 6.09 Å². The van der Waals surface area contributed by atoms with Gasteiger partial charge in [0.1, 0.15) is 0 Å². The second kappa shape index (κ2) is 7.85. The first-order valence-corrected chi connectivity index (χ1v) is 8.83. The van der Waals surface area contributed by atoms with Crippen LogP contribution in [-0.2, 0) is 16.0 Å². The number of carbonyl (C=O) groups is 2. The van der Waals surface area contributed by atoms with Gasteiger partial charge in [0, 0.05) is 25.2 Å². The molecule has 0 aromatic heterocycles. The lowest BCUT2D eigenvalue weighted by Gasteiger charge is -2.39. The predicted octanol–water partition coefficient (Wildman–Crippen LogP) is 2.09. The largest absolute Gasteiger partial charge is 0.439 e. The van der Waals surface area contributed by atoms with E-state index in [1.165, 1.54) is 4.90 Å². The van der Waals surface area contributed by atoms with E-state index in [0.717, 1.165) is 11.1 Å². The molecule has 1 atom stereocenters. The lowest BCUT2D eigenvalue weighted by atomic mass is 9.98. The standard InChI is InChI=1S/C19H28N4O4/c1-19(2,3)23(18(25)27-11-16(24)22(4)5)15-10-9-12-13(15)7-6-8-14(12)17(20)21-26/h6-8,15,26H,9-11H2,1-5H3,(H2,20,21)/t15-/m0/s1. The van der Waals surface area contributed by atoms with Crippen LogP contribution in [0, 0.1) is 0 Å². The molecule has 0 unspecified atom stereocenters. The highest BCUT2D eigenvalue weighted by molar-refractivity contribution is 5.99. The van der Waals surface area contributed by atoms with Crippen molar-refractivity contribution >= 4 is 17.8 Å². The Kier molecular flexibility index (Phi) is 5.98. The summed E-state index contributed by atoms with van der Waals surface area (Å²) >= 11 is 0. The fraction of sp³-hybridized carbons (Fsp3) is 0.526. The first-order chi connectivity index (χ1) is 12.6. The van der Waals surface area contributed by atoms with Gasteiger partial charge in [-0.25, -0.2) is 4.79 Å². The van der Waals surface area contributed by atoms with Gasteiger partial charge in [-0.3, -0.25) is 9.69 Å². The number of likely N-dealkylation sites (N-methyl/N-ethyl adjacent to an activating group) is 1. The lowest BCUT2D eigenvalue weighted by molar-refractivity contribution is -0.132. The molecule has 1 aromatic carbocycles. The Morgan fingerprint density at radius 2 is 2.00 bits per heavy atom. The average Bonchev–Trinajstić information content (AvgIpc) is 3.01. The highest BCUT2D eigenvalue weighted by Gasteiger charge is 2.39. The van der Waals surface area contributed by atoms with Crippen molar-refractivity contribution in [2.45, 2.75) is 45.2 Å². The van der Waals surface area contributed by atoms with Gasteiger partial charge in [-0.1, -0.05) is 23.4 Å². The third kappa shape index (κ3) is 4.32. The minimum Gasteiger partial charge on any atom is -0.439 e. The zero-order valence-electron chi connectivity index (χ0n) is 16.5. The molecule has 0 fully saturated rings. The number of hydrogen-bond acceptors (Lipinski definition) is 5. The number of ether oxygens (including phenoxy) is 1. The Morgan fingerprint density at radius 3 is 2.56 bits per heavy atom. The van der Waals surface area contributed by atoms with E-state index < -0.39 is 11.6 Å². The van der Waals surface area contributed by atoms with E-state index in [1.807, 2.05) is 32.9 Å². The molecule has 0 saturated carbocycles. The molecule has 2 rings (SSSR count). The summed E-state index contributed by atoms with van der Waals surface area (Å²) in [5.41, 5.74) is 7.86. The molecular formula is C19H28N4O4. The van der Waals surface area contributed by atoms with Crippen molar-refractivity contribution in [2.75, 3.05) is 20.7 Å². The molecule has 0 saturated heterocycles. The van der Waals surface area contributed by atoms with E-state index in [1.54, 1.807) is 25.1 Å². The smallest absolute Gasteiger partial charge is 0.411 e. The van der Waals surface area contributed by atoms with E-state index in [-0.39, 0.29) is 24.4 Å². The molecule has 2 amide bonds. The zero-order valence-corrected chi connectivity index (χ0v) is 16.5. The molecule has 8 heteroatoms. The van der Waals surface area contributed by atoms with Crippen LogP contribution in [0.2, 0.25) is 0 Å². The van der Waals surface area contributed by atoms with Gasteiger partial charge in [-0.05, 0) is 44.7 Å². The summed E-state index contributed by atoms with van der Waals surface area (Å²) in [5, 5.41) is 12.1. The number of carbonyl (C=O) groups excluding carboxylic acids is 2. The molecule has 1 aromatic rings. The minimum atomic E-state index is -0.537. The molecule has 8 nitrogen and oxygen atoms in total. The molecule has 27 heavy (non-hydrogen) atoms. The number of nitrogens with zero attached hydrogens (tertiary/aromatic N) is 3. The molecule has 1 aliphatic carbocycles. The van der Waals surface area contributed by atoms with Crippen molar-refractivity contribution in [1.29, 1.82) is 0 Å². The van der Waals surface area contributed by atoms with Gasteiger partial charge in [0.05, 0.1) is 6.04 Å². The van der Waals surface area contributed by atoms with Crippen LogP contribution in [0.4, 0.5) is 4.79 Å². The van der Waals surface area contributed by atoms with Gasteiger partial charge in [-0.2, -0.15) is 0 Å². The Balaban J connectivity index is 2.34. The fourth-order valence-corrected chi connectivity index (χ4v) is 3.39. The van der Waals surface area contributed by atoms with Gasteiger partial charge in [0.25, 0.3) is 5.91 Å². The van der Waals surface area contributed by atoms with Crippen molar-refractivity contribution in [1.82, 2.24) is 9.80 Å². The quantitative estimate of drug-likeness (QED) is 0.362. The van der Waals surface area contributed by atoms with Crippen molar-refractivity contribution < 1.29 is 19.5 Å². The number of oxime groups is 1. The maximum Gasteiger partial charge on any atom is 0.411 e. The summed E-state index contributed by atoms with van der Waals surface area (Å²) in [4.78, 5) is 27.6. The number of fused-ring (bicyclic) bond motifs is 1. The summed E-state index contributed by atoms with van der Waals surface area (Å²) in [5.74, 6) is -0.229. The van der Waals surface area contributed by atoms with Crippen LogP contribution in [0.15, 0.2) is 23.4 Å². The third-order valence-corrected chi connectivity index (χ3v) is 4.67. The zero-order chi connectivity index (χ0) is 20.4. The fourth-order valence-electron chi connectivity index (χ4n) is 3.39. The van der Waals surface area contributed by atoms with E-state index in [0.29, 0.717) is 18.4 Å². The number of nitrogens with two attached hydrogens (primary N) is 1. The Labute approximate surface area is 159 Å². The van der Waals surface area contributed by atoms with Crippen LogP contribution in [0.25, 0.3) is 0 Å². The maximum absolute atomic E-state index is 12.8. The maximum atomic E-state index is 12.8. The number of hydrogen-bond donors (Lipinski definition) is 2.